The molecular formula is C19H21N5O2. The average molecular weight is 351 g/mol. The zero-order valence-electron chi connectivity index (χ0n) is 14.9. The van der Waals surface area contributed by atoms with Crippen LogP contribution in [0, 0.1) is 13.8 Å². The van der Waals surface area contributed by atoms with Crippen molar-refractivity contribution in [3.8, 4) is 6.01 Å². The van der Waals surface area contributed by atoms with Crippen molar-refractivity contribution in [2.24, 2.45) is 0 Å². The predicted molar refractivity (Wildman–Crippen MR) is 96.3 cm³/mol. The minimum absolute atomic E-state index is 0.0215. The highest BCUT2D eigenvalue weighted by molar-refractivity contribution is 5.94. The molecule has 0 aliphatic carbocycles. The van der Waals surface area contributed by atoms with E-state index >= 15 is 0 Å². The van der Waals surface area contributed by atoms with Crippen LogP contribution in [0.4, 0.5) is 0 Å². The van der Waals surface area contributed by atoms with Gasteiger partial charge in [0.15, 0.2) is 0 Å². The van der Waals surface area contributed by atoms with Crippen LogP contribution >= 0.6 is 0 Å². The van der Waals surface area contributed by atoms with Crippen LogP contribution in [0.1, 0.15) is 34.6 Å². The summed E-state index contributed by atoms with van der Waals surface area (Å²) in [5.41, 5.74) is 3.34. The number of pyridine rings is 1. The van der Waals surface area contributed by atoms with Crippen molar-refractivity contribution in [3.63, 3.8) is 0 Å². The number of carbonyl (C=O) groups is 1. The van der Waals surface area contributed by atoms with E-state index in [4.69, 9.17) is 4.74 Å². The Morgan fingerprint density at radius 3 is 2.65 bits per heavy atom. The third-order valence-corrected chi connectivity index (χ3v) is 4.70. The third kappa shape index (κ3) is 3.12. The maximum Gasteiger partial charge on any atom is 0.316 e. The fraction of sp³-hybridized carbons (Fsp3) is 0.368. The lowest BCUT2D eigenvalue weighted by atomic mass is 10.1. The fourth-order valence-corrected chi connectivity index (χ4v) is 3.34. The first-order valence-corrected chi connectivity index (χ1v) is 8.80. The Morgan fingerprint density at radius 1 is 1.19 bits per heavy atom. The number of nitrogens with zero attached hydrogens (tertiary/aromatic N) is 5. The van der Waals surface area contributed by atoms with E-state index in [-0.39, 0.29) is 12.0 Å². The van der Waals surface area contributed by atoms with Gasteiger partial charge < -0.3 is 9.64 Å². The molecule has 3 aromatic rings. The minimum Gasteiger partial charge on any atom is -0.460 e. The molecule has 0 radical (unpaired) electrons. The van der Waals surface area contributed by atoms with Crippen LogP contribution in [0.5, 0.6) is 6.01 Å². The van der Waals surface area contributed by atoms with Crippen molar-refractivity contribution < 1.29 is 9.53 Å². The van der Waals surface area contributed by atoms with Crippen LogP contribution in [0.25, 0.3) is 5.65 Å². The number of carbonyl (C=O) groups excluding carboxylic acids is 1. The van der Waals surface area contributed by atoms with Gasteiger partial charge in [0.25, 0.3) is 5.91 Å². The van der Waals surface area contributed by atoms with E-state index in [1.807, 2.05) is 41.5 Å². The highest BCUT2D eigenvalue weighted by atomic mass is 16.5. The number of ether oxygens (including phenoxy) is 1. The minimum atomic E-state index is 0.0215. The number of aromatic nitrogens is 4. The summed E-state index contributed by atoms with van der Waals surface area (Å²) in [6.07, 6.45) is 6.80. The second-order valence-electron chi connectivity index (χ2n) is 6.62. The second-order valence-corrected chi connectivity index (χ2v) is 6.62. The van der Waals surface area contributed by atoms with E-state index in [9.17, 15) is 4.79 Å². The molecule has 1 fully saturated rings. The van der Waals surface area contributed by atoms with Gasteiger partial charge in [0.2, 0.25) is 0 Å². The molecule has 0 bridgehead atoms. The molecule has 0 spiro atoms. The molecule has 0 N–H and O–H groups in total. The topological polar surface area (TPSA) is 72.6 Å². The average Bonchev–Trinajstić information content (AvgIpc) is 2.97. The van der Waals surface area contributed by atoms with Crippen LogP contribution in [-0.2, 0) is 0 Å². The molecule has 0 aromatic carbocycles. The van der Waals surface area contributed by atoms with Gasteiger partial charge in [0, 0.05) is 44.5 Å². The van der Waals surface area contributed by atoms with Gasteiger partial charge in [0.1, 0.15) is 17.4 Å². The number of aryl methyl sites for hydroxylation is 2. The molecule has 0 unspecified atom stereocenters. The number of piperidine rings is 1. The maximum absolute atomic E-state index is 13.0. The van der Waals surface area contributed by atoms with Gasteiger partial charge in [-0.3, -0.25) is 9.20 Å². The first-order chi connectivity index (χ1) is 12.6. The molecule has 1 aliphatic rings. The summed E-state index contributed by atoms with van der Waals surface area (Å²) in [7, 11) is 0. The Kier molecular flexibility index (Phi) is 4.28. The van der Waals surface area contributed by atoms with E-state index < -0.39 is 0 Å². The second kappa shape index (κ2) is 6.74. The number of likely N-dealkylation sites (tertiary alicyclic amines) is 1. The molecule has 1 amide bonds. The van der Waals surface area contributed by atoms with Crippen molar-refractivity contribution in [1.29, 1.82) is 0 Å². The van der Waals surface area contributed by atoms with Crippen LogP contribution in [-0.4, -0.2) is 49.4 Å². The zero-order chi connectivity index (χ0) is 18.1. The monoisotopic (exact) mass is 351 g/mol. The summed E-state index contributed by atoms with van der Waals surface area (Å²) >= 11 is 0. The number of hydrogen-bond donors (Lipinski definition) is 0. The molecule has 1 aliphatic heterocycles. The molecule has 7 nitrogen and oxygen atoms in total. The van der Waals surface area contributed by atoms with Gasteiger partial charge in [0.05, 0.1) is 5.69 Å². The number of amides is 1. The highest BCUT2D eigenvalue weighted by Gasteiger charge is 2.28. The Labute approximate surface area is 151 Å². The predicted octanol–water partition coefficient (Wildman–Crippen LogP) is 2.42. The fourth-order valence-electron chi connectivity index (χ4n) is 3.34. The van der Waals surface area contributed by atoms with Crippen LogP contribution in [0.2, 0.25) is 0 Å². The Morgan fingerprint density at radius 2 is 1.92 bits per heavy atom. The molecule has 1 saturated heterocycles. The number of rotatable bonds is 3. The summed E-state index contributed by atoms with van der Waals surface area (Å²) in [4.78, 5) is 27.6. The van der Waals surface area contributed by atoms with Crippen molar-refractivity contribution in [2.45, 2.75) is 32.8 Å². The highest BCUT2D eigenvalue weighted by Crippen LogP contribution is 2.20. The third-order valence-electron chi connectivity index (χ3n) is 4.70. The van der Waals surface area contributed by atoms with Gasteiger partial charge in [-0.25, -0.2) is 15.0 Å². The van der Waals surface area contributed by atoms with Crippen LogP contribution in [0.15, 0.2) is 36.8 Å². The SMILES string of the molecule is Cc1ccn2c(C(=O)N3CCC(Oc4ncccn4)CC3)c(C)nc2c1. The van der Waals surface area contributed by atoms with E-state index in [1.54, 1.807) is 18.5 Å². The zero-order valence-corrected chi connectivity index (χ0v) is 14.9. The van der Waals surface area contributed by atoms with Gasteiger partial charge in [-0.05, 0) is 37.6 Å². The van der Waals surface area contributed by atoms with Crippen LogP contribution < -0.4 is 4.74 Å². The van der Waals surface area contributed by atoms with Gasteiger partial charge >= 0.3 is 6.01 Å². The normalized spacial score (nSPS) is 15.4. The Hall–Kier alpha value is -2.96. The van der Waals surface area contributed by atoms with Gasteiger partial charge in [-0.2, -0.15) is 0 Å². The van der Waals surface area contributed by atoms with E-state index in [2.05, 4.69) is 15.0 Å². The summed E-state index contributed by atoms with van der Waals surface area (Å²) in [6.45, 7) is 5.20. The molecule has 26 heavy (non-hydrogen) atoms. The standard InChI is InChI=1S/C19H21N5O2/c1-13-4-11-24-16(12-13)22-14(2)17(24)18(25)23-9-5-15(6-10-23)26-19-20-7-3-8-21-19/h3-4,7-8,11-12,15H,5-6,9-10H2,1-2H3. The molecular weight excluding hydrogens is 330 g/mol. The van der Waals surface area contributed by atoms with E-state index in [0.717, 1.165) is 29.7 Å². The number of fused-ring (bicyclic) bond motifs is 1. The molecule has 4 heterocycles. The smallest absolute Gasteiger partial charge is 0.316 e. The van der Waals surface area contributed by atoms with Gasteiger partial charge in [-0.1, -0.05) is 0 Å². The largest absolute Gasteiger partial charge is 0.460 e. The lowest BCUT2D eigenvalue weighted by molar-refractivity contribution is 0.0572. The first-order valence-electron chi connectivity index (χ1n) is 8.80. The summed E-state index contributed by atoms with van der Waals surface area (Å²) < 4.78 is 7.68. The molecule has 0 saturated carbocycles. The molecule has 4 rings (SSSR count). The van der Waals surface area contributed by atoms with Crippen LogP contribution in [0.3, 0.4) is 0 Å². The summed E-state index contributed by atoms with van der Waals surface area (Å²) in [5.74, 6) is 0.0215. The van der Waals surface area contributed by atoms with Crippen molar-refractivity contribution in [2.75, 3.05) is 13.1 Å². The summed E-state index contributed by atoms with van der Waals surface area (Å²) in [5, 5.41) is 0. The van der Waals surface area contributed by atoms with Gasteiger partial charge in [-0.15, -0.1) is 0 Å². The maximum atomic E-state index is 13.0. The molecule has 3 aromatic heterocycles. The molecule has 134 valence electrons. The summed E-state index contributed by atoms with van der Waals surface area (Å²) in [6, 6.07) is 6.13. The first kappa shape index (κ1) is 16.5. The quantitative estimate of drug-likeness (QED) is 0.725. The lowest BCUT2D eigenvalue weighted by Gasteiger charge is -2.31. The van der Waals surface area contributed by atoms with E-state index in [1.165, 1.54) is 0 Å². The van der Waals surface area contributed by atoms with E-state index in [0.29, 0.717) is 24.8 Å². The Bertz CT molecular complexity index is 930. The Balaban J connectivity index is 1.46. The van der Waals surface area contributed by atoms with Crippen molar-refractivity contribution >= 4 is 11.6 Å². The van der Waals surface area contributed by atoms with Crippen molar-refractivity contribution in [3.05, 3.63) is 53.7 Å². The number of hydrogen-bond acceptors (Lipinski definition) is 5. The number of imidazole rings is 1. The molecule has 0 atom stereocenters. The molecule has 7 heteroatoms. The lowest BCUT2D eigenvalue weighted by Crippen LogP contribution is -2.42. The van der Waals surface area contributed by atoms with Crippen molar-refractivity contribution in [1.82, 2.24) is 24.3 Å².